The van der Waals surface area contributed by atoms with Crippen LogP contribution in [0.4, 0.5) is 18.9 Å². The maximum atomic E-state index is 14.7. The highest BCUT2D eigenvalue weighted by atomic mass is 32.2. The number of halogens is 3. The lowest BCUT2D eigenvalue weighted by Gasteiger charge is -2.38. The zero-order valence-electron chi connectivity index (χ0n) is 17.9. The van der Waals surface area contributed by atoms with Gasteiger partial charge in [-0.1, -0.05) is 24.3 Å². The Labute approximate surface area is 186 Å². The Balaban J connectivity index is 1.75. The van der Waals surface area contributed by atoms with E-state index in [2.05, 4.69) is 0 Å². The second-order valence-electron chi connectivity index (χ2n) is 8.33. The van der Waals surface area contributed by atoms with E-state index in [4.69, 9.17) is 0 Å². The van der Waals surface area contributed by atoms with Crippen molar-refractivity contribution in [2.24, 2.45) is 0 Å². The summed E-state index contributed by atoms with van der Waals surface area (Å²) in [5, 5.41) is 0. The Morgan fingerprint density at radius 1 is 0.906 bits per heavy atom. The molecule has 3 aromatic carbocycles. The van der Waals surface area contributed by atoms with Gasteiger partial charge in [-0.05, 0) is 86.1 Å². The summed E-state index contributed by atoms with van der Waals surface area (Å²) in [6.07, 6.45) is 1.74. The number of nitrogens with zero attached hydrogens (tertiary/aromatic N) is 1. The maximum Gasteiger partial charge on any atom is 0.267 e. The summed E-state index contributed by atoms with van der Waals surface area (Å²) >= 11 is 0. The molecule has 0 radical (unpaired) electrons. The first-order valence-electron chi connectivity index (χ1n) is 10.5. The van der Waals surface area contributed by atoms with Gasteiger partial charge < -0.3 is 0 Å². The largest absolute Gasteiger partial charge is 0.267 e. The van der Waals surface area contributed by atoms with Crippen LogP contribution in [-0.2, 0) is 22.9 Å². The number of rotatable bonds is 5. The van der Waals surface area contributed by atoms with Crippen LogP contribution < -0.4 is 4.31 Å². The van der Waals surface area contributed by atoms with Gasteiger partial charge >= 0.3 is 0 Å². The first-order chi connectivity index (χ1) is 15.2. The fourth-order valence-corrected chi connectivity index (χ4v) is 6.07. The van der Waals surface area contributed by atoms with Crippen LogP contribution in [0.1, 0.15) is 35.1 Å². The van der Waals surface area contributed by atoms with E-state index < -0.39 is 33.5 Å². The van der Waals surface area contributed by atoms with Crippen molar-refractivity contribution in [3.63, 3.8) is 0 Å². The molecule has 0 spiro atoms. The smallest absolute Gasteiger partial charge is 0.263 e. The number of hydrogen-bond donors (Lipinski definition) is 0. The van der Waals surface area contributed by atoms with Gasteiger partial charge in [-0.25, -0.2) is 21.6 Å². The molecule has 1 aliphatic heterocycles. The summed E-state index contributed by atoms with van der Waals surface area (Å²) < 4.78 is 70.8. The average molecular weight is 460 g/mol. The molecule has 32 heavy (non-hydrogen) atoms. The third-order valence-electron chi connectivity index (χ3n) is 5.94. The lowest BCUT2D eigenvalue weighted by atomic mass is 9.93. The third kappa shape index (κ3) is 4.26. The van der Waals surface area contributed by atoms with Crippen LogP contribution in [0.5, 0.6) is 0 Å². The number of hydrogen-bond acceptors (Lipinski definition) is 2. The maximum absolute atomic E-state index is 14.7. The predicted octanol–water partition coefficient (Wildman–Crippen LogP) is 5.86. The van der Waals surface area contributed by atoms with Crippen molar-refractivity contribution >= 4 is 15.7 Å². The van der Waals surface area contributed by atoms with Gasteiger partial charge in [-0.15, -0.1) is 0 Å². The normalized spacial score (nSPS) is 16.2. The fraction of sp³-hybridized carbons (Fsp3) is 0.280. The third-order valence-corrected chi connectivity index (χ3v) is 7.84. The Morgan fingerprint density at radius 2 is 1.62 bits per heavy atom. The molecular weight excluding hydrogens is 435 g/mol. The van der Waals surface area contributed by atoms with E-state index in [-0.39, 0.29) is 11.3 Å². The molecule has 7 heteroatoms. The van der Waals surface area contributed by atoms with Crippen LogP contribution in [0, 0.1) is 31.3 Å². The highest BCUT2D eigenvalue weighted by molar-refractivity contribution is 7.92. The van der Waals surface area contributed by atoms with Crippen molar-refractivity contribution in [1.29, 1.82) is 0 Å². The summed E-state index contributed by atoms with van der Waals surface area (Å²) in [7, 11) is -4.21. The molecule has 0 fully saturated rings. The zero-order chi connectivity index (χ0) is 23.0. The predicted molar refractivity (Wildman–Crippen MR) is 119 cm³/mol. The van der Waals surface area contributed by atoms with Gasteiger partial charge in [0.1, 0.15) is 22.3 Å². The molecule has 0 N–H and O–H groups in total. The first-order valence-corrected chi connectivity index (χ1v) is 11.9. The molecule has 4 rings (SSSR count). The second kappa shape index (κ2) is 8.62. The van der Waals surface area contributed by atoms with E-state index in [1.165, 1.54) is 28.6 Å². The van der Waals surface area contributed by atoms with Crippen molar-refractivity contribution in [3.05, 3.63) is 94.3 Å². The molecule has 0 amide bonds. The van der Waals surface area contributed by atoms with Crippen LogP contribution in [0.15, 0.2) is 59.5 Å². The molecule has 0 saturated heterocycles. The average Bonchev–Trinajstić information content (AvgIpc) is 2.72. The monoisotopic (exact) mass is 459 g/mol. The van der Waals surface area contributed by atoms with E-state index in [1.54, 1.807) is 19.1 Å². The topological polar surface area (TPSA) is 37.4 Å². The highest BCUT2D eigenvalue weighted by Crippen LogP contribution is 2.38. The van der Waals surface area contributed by atoms with Crippen LogP contribution in [0.2, 0.25) is 0 Å². The highest BCUT2D eigenvalue weighted by Gasteiger charge is 2.37. The van der Waals surface area contributed by atoms with E-state index in [0.717, 1.165) is 17.2 Å². The number of benzene rings is 3. The van der Waals surface area contributed by atoms with Gasteiger partial charge in [0.25, 0.3) is 10.0 Å². The van der Waals surface area contributed by atoms with E-state index in [9.17, 15) is 21.6 Å². The minimum Gasteiger partial charge on any atom is -0.263 e. The van der Waals surface area contributed by atoms with Crippen molar-refractivity contribution in [2.45, 2.75) is 50.5 Å². The van der Waals surface area contributed by atoms with Crippen molar-refractivity contribution < 1.29 is 21.6 Å². The fourth-order valence-electron chi connectivity index (χ4n) is 4.28. The van der Waals surface area contributed by atoms with Crippen LogP contribution in [-0.4, -0.2) is 14.5 Å². The van der Waals surface area contributed by atoms with Gasteiger partial charge in [0, 0.05) is 12.1 Å². The lowest BCUT2D eigenvalue weighted by Crippen LogP contribution is -2.44. The van der Waals surface area contributed by atoms with Crippen molar-refractivity contribution in [1.82, 2.24) is 0 Å². The van der Waals surface area contributed by atoms with E-state index >= 15 is 0 Å². The molecule has 1 atom stereocenters. The lowest BCUT2D eigenvalue weighted by molar-refractivity contribution is 0.510. The molecule has 3 nitrogen and oxygen atoms in total. The summed E-state index contributed by atoms with van der Waals surface area (Å²) in [5.41, 5.74) is 3.23. The Morgan fingerprint density at radius 3 is 2.34 bits per heavy atom. The standard InChI is InChI=1S/C25H24F3NO2S/c1-16-4-12-25(23(28)13-16)32(30,31)29-21(10-7-18-6-9-20(26)15-22(18)27)11-8-19-5-3-17(2)14-24(19)29/h3-6,9,12-15,21H,7-8,10-11H2,1-2H3. The van der Waals surface area contributed by atoms with Crippen LogP contribution in [0.3, 0.4) is 0 Å². The number of sulfonamides is 1. The first kappa shape index (κ1) is 22.4. The zero-order valence-corrected chi connectivity index (χ0v) is 18.7. The van der Waals surface area contributed by atoms with Gasteiger partial charge in [0.15, 0.2) is 0 Å². The van der Waals surface area contributed by atoms with Gasteiger partial charge in [0.05, 0.1) is 5.69 Å². The molecule has 0 aliphatic carbocycles. The second-order valence-corrected chi connectivity index (χ2v) is 10.1. The molecule has 0 aromatic heterocycles. The van der Waals surface area contributed by atoms with Crippen molar-refractivity contribution in [3.8, 4) is 0 Å². The molecule has 1 heterocycles. The minimum atomic E-state index is -4.21. The Kier molecular flexibility index (Phi) is 6.03. The number of aryl methyl sites for hydroxylation is 4. The summed E-state index contributed by atoms with van der Waals surface area (Å²) in [5.74, 6) is -2.11. The molecule has 1 unspecified atom stereocenters. The van der Waals surface area contributed by atoms with Gasteiger partial charge in [-0.2, -0.15) is 0 Å². The number of fused-ring (bicyclic) bond motifs is 1. The van der Waals surface area contributed by atoms with Gasteiger partial charge in [0.2, 0.25) is 0 Å². The Hall–Kier alpha value is -2.80. The molecule has 0 saturated carbocycles. The van der Waals surface area contributed by atoms with E-state index in [1.807, 2.05) is 19.1 Å². The minimum absolute atomic E-state index is 0.236. The van der Waals surface area contributed by atoms with E-state index in [0.29, 0.717) is 36.1 Å². The number of anilines is 1. The molecule has 1 aliphatic rings. The summed E-state index contributed by atoms with van der Waals surface area (Å²) in [6, 6.07) is 12.6. The Bertz CT molecular complexity index is 1270. The molecular formula is C25H24F3NO2S. The van der Waals surface area contributed by atoms with Crippen LogP contribution >= 0.6 is 0 Å². The molecule has 168 valence electrons. The quantitative estimate of drug-likeness (QED) is 0.479. The summed E-state index contributed by atoms with van der Waals surface area (Å²) in [4.78, 5) is -0.379. The summed E-state index contributed by atoms with van der Waals surface area (Å²) in [6.45, 7) is 3.56. The molecule has 3 aromatic rings. The van der Waals surface area contributed by atoms with Crippen molar-refractivity contribution in [2.75, 3.05) is 4.31 Å². The van der Waals surface area contributed by atoms with Crippen LogP contribution in [0.25, 0.3) is 0 Å². The SMILES string of the molecule is Cc1ccc(S(=O)(=O)N2c3cc(C)ccc3CCC2CCc2ccc(F)cc2F)c(F)c1. The molecule has 0 bridgehead atoms. The van der Waals surface area contributed by atoms with Gasteiger partial charge in [-0.3, -0.25) is 4.31 Å².